The summed E-state index contributed by atoms with van der Waals surface area (Å²) in [6.45, 7) is 0.375. The normalized spacial score (nSPS) is 11.1. The van der Waals surface area contributed by atoms with Crippen molar-refractivity contribution in [2.75, 3.05) is 0 Å². The van der Waals surface area contributed by atoms with Gasteiger partial charge in [-0.2, -0.15) is 0 Å². The number of benzene rings is 1. The lowest BCUT2D eigenvalue weighted by atomic mass is 10.2. The zero-order chi connectivity index (χ0) is 13.1. The molecule has 2 aromatic rings. The van der Waals surface area contributed by atoms with E-state index in [-0.39, 0.29) is 0 Å². The third-order valence-electron chi connectivity index (χ3n) is 2.62. The topological polar surface area (TPSA) is 85.3 Å². The van der Waals surface area contributed by atoms with Crippen LogP contribution in [0.3, 0.4) is 0 Å². The fourth-order valence-electron chi connectivity index (χ4n) is 1.86. The van der Waals surface area contributed by atoms with E-state index in [4.69, 9.17) is 10.8 Å². The molecule has 5 nitrogen and oxygen atoms in total. The summed E-state index contributed by atoms with van der Waals surface area (Å²) in [6.07, 6.45) is 4.22. The lowest BCUT2D eigenvalue weighted by Crippen LogP contribution is -2.10. The number of amides is 1. The van der Waals surface area contributed by atoms with E-state index in [1.807, 2.05) is 24.3 Å². The number of allylic oxidation sites excluding steroid dienone is 1. The fraction of sp³-hybridized carbons (Fsp3) is 0.0769. The number of para-hydroxylation sites is 1. The molecule has 1 heterocycles. The van der Waals surface area contributed by atoms with E-state index in [0.717, 1.165) is 17.0 Å². The molecule has 0 unspecified atom stereocenters. The van der Waals surface area contributed by atoms with Crippen molar-refractivity contribution >= 4 is 22.8 Å². The highest BCUT2D eigenvalue weighted by Gasteiger charge is 2.11. The molecule has 0 fully saturated rings. The average molecular weight is 244 g/mol. The molecule has 0 aliphatic heterocycles. The Morgan fingerprint density at radius 2 is 2.06 bits per heavy atom. The Labute approximate surface area is 103 Å². The van der Waals surface area contributed by atoms with Gasteiger partial charge in [0.1, 0.15) is 0 Å². The fourth-order valence-corrected chi connectivity index (χ4v) is 1.86. The minimum Gasteiger partial charge on any atom is -0.478 e. The Hall–Kier alpha value is -2.56. The molecule has 1 amide bonds. The molecule has 0 saturated carbocycles. The quantitative estimate of drug-likeness (QED) is 0.797. The zero-order valence-corrected chi connectivity index (χ0v) is 9.54. The Bertz CT molecular complexity index is 641. The van der Waals surface area contributed by atoms with Crippen molar-refractivity contribution in [3.63, 3.8) is 0 Å². The Balaban J connectivity index is 2.45. The van der Waals surface area contributed by atoms with Crippen LogP contribution in [0.15, 0.2) is 42.6 Å². The van der Waals surface area contributed by atoms with E-state index in [1.165, 1.54) is 6.08 Å². The number of nitrogens with two attached hydrogens (primary N) is 1. The lowest BCUT2D eigenvalue weighted by molar-refractivity contribution is -0.131. The number of rotatable bonds is 4. The first kappa shape index (κ1) is 11.9. The van der Waals surface area contributed by atoms with Gasteiger partial charge in [0.15, 0.2) is 0 Å². The molecule has 0 radical (unpaired) electrons. The van der Waals surface area contributed by atoms with E-state index >= 15 is 0 Å². The SMILES string of the molecule is NC(=O)c1cn(CC=CC(=O)O)c2ccccc12. The summed E-state index contributed by atoms with van der Waals surface area (Å²) < 4.78 is 1.79. The van der Waals surface area contributed by atoms with Crippen molar-refractivity contribution in [1.82, 2.24) is 4.57 Å². The summed E-state index contributed by atoms with van der Waals surface area (Å²) in [5.74, 6) is -1.49. The van der Waals surface area contributed by atoms with Gasteiger partial charge in [0, 0.05) is 29.7 Å². The second-order valence-electron chi connectivity index (χ2n) is 3.82. The Morgan fingerprint density at radius 3 is 2.72 bits per heavy atom. The van der Waals surface area contributed by atoms with Crippen LogP contribution in [0.1, 0.15) is 10.4 Å². The molecule has 0 spiro atoms. The van der Waals surface area contributed by atoms with Gasteiger partial charge in [-0.3, -0.25) is 4.79 Å². The first-order valence-electron chi connectivity index (χ1n) is 5.36. The van der Waals surface area contributed by atoms with E-state index in [0.29, 0.717) is 12.1 Å². The van der Waals surface area contributed by atoms with Crippen LogP contribution in [-0.4, -0.2) is 21.6 Å². The molecular weight excluding hydrogens is 232 g/mol. The van der Waals surface area contributed by atoms with Gasteiger partial charge in [-0.25, -0.2) is 4.79 Å². The second-order valence-corrected chi connectivity index (χ2v) is 3.82. The van der Waals surface area contributed by atoms with E-state index in [9.17, 15) is 9.59 Å². The number of aliphatic carboxylic acids is 1. The van der Waals surface area contributed by atoms with Crippen LogP contribution in [0.5, 0.6) is 0 Å². The molecule has 0 aliphatic rings. The highest BCUT2D eigenvalue weighted by Crippen LogP contribution is 2.20. The van der Waals surface area contributed by atoms with Gasteiger partial charge in [-0.15, -0.1) is 0 Å². The van der Waals surface area contributed by atoms with Crippen LogP contribution >= 0.6 is 0 Å². The summed E-state index contributed by atoms with van der Waals surface area (Å²) >= 11 is 0. The van der Waals surface area contributed by atoms with Crippen LogP contribution < -0.4 is 5.73 Å². The van der Waals surface area contributed by atoms with Crippen LogP contribution in [0.25, 0.3) is 10.9 Å². The lowest BCUT2D eigenvalue weighted by Gasteiger charge is -1.99. The van der Waals surface area contributed by atoms with Gasteiger partial charge in [-0.05, 0) is 6.07 Å². The molecule has 1 aromatic carbocycles. The number of carbonyl (C=O) groups is 2. The number of carboxylic acids is 1. The van der Waals surface area contributed by atoms with Gasteiger partial charge in [0.25, 0.3) is 5.91 Å². The molecule has 1 aromatic heterocycles. The molecule has 92 valence electrons. The maximum Gasteiger partial charge on any atom is 0.328 e. The van der Waals surface area contributed by atoms with E-state index < -0.39 is 11.9 Å². The Morgan fingerprint density at radius 1 is 1.33 bits per heavy atom. The van der Waals surface area contributed by atoms with Crippen LogP contribution in [0.4, 0.5) is 0 Å². The van der Waals surface area contributed by atoms with Crippen LogP contribution in [0, 0.1) is 0 Å². The minimum absolute atomic E-state index is 0.375. The number of primary amides is 1. The molecule has 2 rings (SSSR count). The van der Waals surface area contributed by atoms with Gasteiger partial charge < -0.3 is 15.4 Å². The summed E-state index contributed by atoms with van der Waals surface area (Å²) in [4.78, 5) is 21.7. The molecule has 0 aliphatic carbocycles. The third-order valence-corrected chi connectivity index (χ3v) is 2.62. The molecule has 5 heteroatoms. The van der Waals surface area contributed by atoms with Gasteiger partial charge in [-0.1, -0.05) is 24.3 Å². The number of aromatic nitrogens is 1. The number of carbonyl (C=O) groups excluding carboxylic acids is 1. The first-order chi connectivity index (χ1) is 8.59. The largest absolute Gasteiger partial charge is 0.478 e. The summed E-state index contributed by atoms with van der Waals surface area (Å²) in [5.41, 5.74) is 6.59. The highest BCUT2D eigenvalue weighted by atomic mass is 16.4. The highest BCUT2D eigenvalue weighted by molar-refractivity contribution is 6.06. The van der Waals surface area contributed by atoms with Crippen molar-refractivity contribution in [3.05, 3.63) is 48.2 Å². The number of nitrogens with zero attached hydrogens (tertiary/aromatic N) is 1. The maximum atomic E-state index is 11.3. The molecule has 3 N–H and O–H groups in total. The summed E-state index contributed by atoms with van der Waals surface area (Å²) in [6, 6.07) is 7.35. The second kappa shape index (κ2) is 4.75. The standard InChI is InChI=1S/C13H12N2O3/c14-13(18)10-8-15(7-3-6-12(16)17)11-5-2-1-4-9(10)11/h1-6,8H,7H2,(H2,14,18)(H,16,17). The minimum atomic E-state index is -0.999. The monoisotopic (exact) mass is 244 g/mol. The number of fused-ring (bicyclic) bond motifs is 1. The zero-order valence-electron chi connectivity index (χ0n) is 9.54. The van der Waals surface area contributed by atoms with E-state index in [1.54, 1.807) is 10.8 Å². The first-order valence-corrected chi connectivity index (χ1v) is 5.36. The molecule has 18 heavy (non-hydrogen) atoms. The van der Waals surface area contributed by atoms with Crippen molar-refractivity contribution < 1.29 is 14.7 Å². The predicted octanol–water partition coefficient (Wildman–Crippen LogP) is 1.38. The maximum absolute atomic E-state index is 11.3. The number of hydrogen-bond acceptors (Lipinski definition) is 2. The van der Waals surface area contributed by atoms with Crippen molar-refractivity contribution in [2.24, 2.45) is 5.73 Å². The summed E-state index contributed by atoms with van der Waals surface area (Å²) in [7, 11) is 0. The van der Waals surface area contributed by atoms with Gasteiger partial charge >= 0.3 is 5.97 Å². The van der Waals surface area contributed by atoms with Crippen molar-refractivity contribution in [2.45, 2.75) is 6.54 Å². The third kappa shape index (κ3) is 2.24. The molecular formula is C13H12N2O3. The van der Waals surface area contributed by atoms with Gasteiger partial charge in [0.2, 0.25) is 0 Å². The van der Waals surface area contributed by atoms with Gasteiger partial charge in [0.05, 0.1) is 5.56 Å². The van der Waals surface area contributed by atoms with E-state index in [2.05, 4.69) is 0 Å². The van der Waals surface area contributed by atoms with Crippen LogP contribution in [-0.2, 0) is 11.3 Å². The number of hydrogen-bond donors (Lipinski definition) is 2. The number of carboxylic acid groups (broad SMARTS) is 1. The smallest absolute Gasteiger partial charge is 0.328 e. The molecule has 0 bridgehead atoms. The van der Waals surface area contributed by atoms with Crippen LogP contribution in [0.2, 0.25) is 0 Å². The molecule has 0 atom stereocenters. The van der Waals surface area contributed by atoms with Crippen molar-refractivity contribution in [1.29, 1.82) is 0 Å². The average Bonchev–Trinajstić information content (AvgIpc) is 2.68. The Kier molecular flexibility index (Phi) is 3.14. The summed E-state index contributed by atoms with van der Waals surface area (Å²) in [5, 5.41) is 9.30. The molecule has 0 saturated heterocycles. The van der Waals surface area contributed by atoms with Crippen molar-refractivity contribution in [3.8, 4) is 0 Å². The predicted molar refractivity (Wildman–Crippen MR) is 67.2 cm³/mol.